The standard InChI is InChI=1S/C18H19IN2O4S/c1-25-17-9-8-15(26(23,24)21-10-2-3-11-21)12-16(17)20-18(22)13-4-6-14(19)7-5-13/h4-9,12H,2-3,10-11H2,1H3,(H,20,22). The summed E-state index contributed by atoms with van der Waals surface area (Å²) in [4.78, 5) is 12.6. The molecule has 0 radical (unpaired) electrons. The monoisotopic (exact) mass is 486 g/mol. The maximum atomic E-state index is 12.8. The fourth-order valence-corrected chi connectivity index (χ4v) is 4.72. The van der Waals surface area contributed by atoms with Gasteiger partial charge in [-0.25, -0.2) is 8.42 Å². The fourth-order valence-electron chi connectivity index (χ4n) is 2.82. The number of hydrogen-bond donors (Lipinski definition) is 1. The lowest BCUT2D eigenvalue weighted by Crippen LogP contribution is -2.28. The van der Waals surface area contributed by atoms with Crippen LogP contribution in [0.3, 0.4) is 0 Å². The lowest BCUT2D eigenvalue weighted by Gasteiger charge is -2.17. The van der Waals surface area contributed by atoms with Crippen molar-refractivity contribution in [2.45, 2.75) is 17.7 Å². The van der Waals surface area contributed by atoms with E-state index in [4.69, 9.17) is 4.74 Å². The summed E-state index contributed by atoms with van der Waals surface area (Å²) in [6.07, 6.45) is 1.73. The Bertz CT molecular complexity index is 907. The van der Waals surface area contributed by atoms with Crippen LogP contribution in [0.5, 0.6) is 5.75 Å². The molecule has 1 amide bonds. The average Bonchev–Trinajstić information content (AvgIpc) is 3.17. The number of methoxy groups -OCH3 is 1. The van der Waals surface area contributed by atoms with Crippen LogP contribution in [0.1, 0.15) is 23.2 Å². The first-order valence-corrected chi connectivity index (χ1v) is 10.7. The van der Waals surface area contributed by atoms with Crippen molar-refractivity contribution in [3.8, 4) is 5.75 Å². The molecule has 3 rings (SSSR count). The second-order valence-electron chi connectivity index (χ2n) is 5.93. The highest BCUT2D eigenvalue weighted by Gasteiger charge is 2.28. The Hall–Kier alpha value is -1.65. The van der Waals surface area contributed by atoms with Crippen LogP contribution < -0.4 is 10.1 Å². The molecule has 0 aromatic heterocycles. The lowest BCUT2D eigenvalue weighted by molar-refractivity contribution is 0.102. The summed E-state index contributed by atoms with van der Waals surface area (Å²) >= 11 is 2.16. The fraction of sp³-hybridized carbons (Fsp3) is 0.278. The van der Waals surface area contributed by atoms with E-state index in [-0.39, 0.29) is 10.8 Å². The van der Waals surface area contributed by atoms with Crippen molar-refractivity contribution in [1.82, 2.24) is 4.31 Å². The molecular formula is C18H19IN2O4S. The van der Waals surface area contributed by atoms with Crippen LogP contribution in [-0.4, -0.2) is 38.8 Å². The van der Waals surface area contributed by atoms with E-state index in [9.17, 15) is 13.2 Å². The minimum Gasteiger partial charge on any atom is -0.495 e. The van der Waals surface area contributed by atoms with E-state index in [0.717, 1.165) is 16.4 Å². The van der Waals surface area contributed by atoms with Gasteiger partial charge in [0.15, 0.2) is 0 Å². The zero-order chi connectivity index (χ0) is 18.7. The van der Waals surface area contributed by atoms with Crippen LogP contribution in [0.25, 0.3) is 0 Å². The number of rotatable bonds is 5. The largest absolute Gasteiger partial charge is 0.495 e. The zero-order valence-corrected chi connectivity index (χ0v) is 17.2. The molecule has 1 heterocycles. The SMILES string of the molecule is COc1ccc(S(=O)(=O)N2CCCC2)cc1NC(=O)c1ccc(I)cc1. The second-order valence-corrected chi connectivity index (χ2v) is 9.12. The summed E-state index contributed by atoms with van der Waals surface area (Å²) in [6.45, 7) is 1.05. The number of halogens is 1. The molecule has 1 fully saturated rings. The van der Waals surface area contributed by atoms with E-state index in [1.165, 1.54) is 23.5 Å². The van der Waals surface area contributed by atoms with Gasteiger partial charge in [0, 0.05) is 22.2 Å². The van der Waals surface area contributed by atoms with Gasteiger partial charge >= 0.3 is 0 Å². The third-order valence-electron chi connectivity index (χ3n) is 4.23. The predicted molar refractivity (Wildman–Crippen MR) is 108 cm³/mol. The quantitative estimate of drug-likeness (QED) is 0.659. The molecule has 1 N–H and O–H groups in total. The molecule has 0 unspecified atom stereocenters. The number of benzene rings is 2. The summed E-state index contributed by atoms with van der Waals surface area (Å²) in [5.41, 5.74) is 0.816. The van der Waals surface area contributed by atoms with Gasteiger partial charge in [-0.05, 0) is 77.9 Å². The maximum absolute atomic E-state index is 12.8. The number of carbonyl (C=O) groups is 1. The van der Waals surface area contributed by atoms with Gasteiger partial charge in [0.05, 0.1) is 17.7 Å². The molecule has 2 aromatic rings. The molecule has 138 valence electrons. The number of nitrogens with one attached hydrogen (secondary N) is 1. The first-order chi connectivity index (χ1) is 12.4. The summed E-state index contributed by atoms with van der Waals surface area (Å²) in [7, 11) is -2.09. The second kappa shape index (κ2) is 7.93. The van der Waals surface area contributed by atoms with Crippen molar-refractivity contribution in [3.63, 3.8) is 0 Å². The Morgan fingerprint density at radius 3 is 2.38 bits per heavy atom. The number of carbonyl (C=O) groups excluding carboxylic acids is 1. The van der Waals surface area contributed by atoms with Crippen LogP contribution in [0.15, 0.2) is 47.4 Å². The van der Waals surface area contributed by atoms with E-state index < -0.39 is 10.0 Å². The molecule has 1 aliphatic heterocycles. The zero-order valence-electron chi connectivity index (χ0n) is 14.2. The number of sulfonamides is 1. The molecule has 1 saturated heterocycles. The van der Waals surface area contributed by atoms with Crippen molar-refractivity contribution >= 4 is 44.2 Å². The van der Waals surface area contributed by atoms with E-state index in [2.05, 4.69) is 27.9 Å². The van der Waals surface area contributed by atoms with Crippen molar-refractivity contribution < 1.29 is 17.9 Å². The number of hydrogen-bond acceptors (Lipinski definition) is 4. The van der Waals surface area contributed by atoms with E-state index >= 15 is 0 Å². The smallest absolute Gasteiger partial charge is 0.255 e. The normalized spacial score (nSPS) is 15.0. The van der Waals surface area contributed by atoms with Crippen LogP contribution in [0.2, 0.25) is 0 Å². The minimum absolute atomic E-state index is 0.151. The van der Waals surface area contributed by atoms with Gasteiger partial charge in [-0.2, -0.15) is 4.31 Å². The highest BCUT2D eigenvalue weighted by molar-refractivity contribution is 14.1. The van der Waals surface area contributed by atoms with Crippen molar-refractivity contribution in [1.29, 1.82) is 0 Å². The molecule has 0 saturated carbocycles. The molecule has 0 spiro atoms. The van der Waals surface area contributed by atoms with Gasteiger partial charge < -0.3 is 10.1 Å². The number of amides is 1. The molecule has 0 bridgehead atoms. The van der Waals surface area contributed by atoms with Gasteiger partial charge in [-0.3, -0.25) is 4.79 Å². The highest BCUT2D eigenvalue weighted by Crippen LogP contribution is 2.30. The molecular weight excluding hydrogens is 467 g/mol. The topological polar surface area (TPSA) is 75.7 Å². The highest BCUT2D eigenvalue weighted by atomic mass is 127. The Balaban J connectivity index is 1.90. The number of nitrogens with zero attached hydrogens (tertiary/aromatic N) is 1. The summed E-state index contributed by atoms with van der Waals surface area (Å²) in [5, 5.41) is 2.75. The van der Waals surface area contributed by atoms with E-state index in [0.29, 0.717) is 30.1 Å². The van der Waals surface area contributed by atoms with Crippen LogP contribution >= 0.6 is 22.6 Å². The van der Waals surface area contributed by atoms with Crippen molar-refractivity contribution in [2.24, 2.45) is 0 Å². The molecule has 0 aliphatic carbocycles. The molecule has 6 nitrogen and oxygen atoms in total. The van der Waals surface area contributed by atoms with E-state index in [1.54, 1.807) is 18.2 Å². The Morgan fingerprint density at radius 1 is 1.12 bits per heavy atom. The Labute approximate surface area is 166 Å². The average molecular weight is 486 g/mol. The minimum atomic E-state index is -3.57. The predicted octanol–water partition coefficient (Wildman–Crippen LogP) is 3.34. The molecule has 1 aliphatic rings. The number of anilines is 1. The van der Waals surface area contributed by atoms with E-state index in [1.807, 2.05) is 12.1 Å². The van der Waals surface area contributed by atoms with Gasteiger partial charge in [-0.15, -0.1) is 0 Å². The molecule has 26 heavy (non-hydrogen) atoms. The van der Waals surface area contributed by atoms with Crippen LogP contribution in [-0.2, 0) is 10.0 Å². The van der Waals surface area contributed by atoms with Gasteiger partial charge in [0.2, 0.25) is 10.0 Å². The Morgan fingerprint density at radius 2 is 1.77 bits per heavy atom. The van der Waals surface area contributed by atoms with Gasteiger partial charge in [0.25, 0.3) is 5.91 Å². The van der Waals surface area contributed by atoms with Crippen LogP contribution in [0.4, 0.5) is 5.69 Å². The summed E-state index contributed by atoms with van der Waals surface area (Å²) < 4.78 is 33.3. The first-order valence-electron chi connectivity index (χ1n) is 8.17. The summed E-state index contributed by atoms with van der Waals surface area (Å²) in [5.74, 6) is 0.0830. The van der Waals surface area contributed by atoms with Crippen LogP contribution in [0, 0.1) is 3.57 Å². The maximum Gasteiger partial charge on any atom is 0.255 e. The van der Waals surface area contributed by atoms with Crippen molar-refractivity contribution in [2.75, 3.05) is 25.5 Å². The first kappa shape index (κ1) is 19.1. The molecule has 8 heteroatoms. The number of ether oxygens (including phenoxy) is 1. The summed E-state index contributed by atoms with van der Waals surface area (Å²) in [6, 6.07) is 11.6. The molecule has 0 atom stereocenters. The van der Waals surface area contributed by atoms with Gasteiger partial charge in [0.1, 0.15) is 5.75 Å². The lowest BCUT2D eigenvalue weighted by atomic mass is 10.2. The Kier molecular flexibility index (Phi) is 5.83. The van der Waals surface area contributed by atoms with Crippen molar-refractivity contribution in [3.05, 3.63) is 51.6 Å². The third-order valence-corrected chi connectivity index (χ3v) is 6.84. The third kappa shape index (κ3) is 4.02. The van der Waals surface area contributed by atoms with Gasteiger partial charge in [-0.1, -0.05) is 0 Å². The molecule has 2 aromatic carbocycles.